The van der Waals surface area contributed by atoms with Gasteiger partial charge in [0.15, 0.2) is 5.82 Å². The maximum Gasteiger partial charge on any atom is 0.246 e. The Morgan fingerprint density at radius 1 is 1.32 bits per heavy atom. The zero-order valence-electron chi connectivity index (χ0n) is 17.1. The lowest BCUT2D eigenvalue weighted by molar-refractivity contribution is -0.117. The molecule has 8 nitrogen and oxygen atoms in total. The van der Waals surface area contributed by atoms with Crippen LogP contribution in [0.4, 0.5) is 17.5 Å². The third-order valence-corrected chi connectivity index (χ3v) is 4.95. The fourth-order valence-corrected chi connectivity index (χ4v) is 2.85. The Morgan fingerprint density at radius 2 is 2.04 bits per heavy atom. The minimum atomic E-state index is -0.261. The van der Waals surface area contributed by atoms with Crippen molar-refractivity contribution in [1.29, 1.82) is 0 Å². The van der Waals surface area contributed by atoms with Gasteiger partial charge in [0.2, 0.25) is 11.9 Å². The van der Waals surface area contributed by atoms with E-state index in [1.807, 2.05) is 36.7 Å². The molecule has 0 saturated carbocycles. The first-order valence-corrected chi connectivity index (χ1v) is 9.06. The average molecular weight is 426 g/mol. The number of hydrogen-bond donors (Lipinski definition) is 2. The predicted octanol–water partition coefficient (Wildman–Crippen LogP) is 2.64. The minimum Gasteiger partial charge on any atom is -0.350 e. The zero-order chi connectivity index (χ0) is 18.8. The normalized spacial score (nSPS) is 16.4. The molecule has 0 saturated heterocycles. The molecule has 1 aliphatic heterocycles. The van der Waals surface area contributed by atoms with Gasteiger partial charge < -0.3 is 15.5 Å². The quantitative estimate of drug-likeness (QED) is 0.740. The van der Waals surface area contributed by atoms with Gasteiger partial charge in [-0.1, -0.05) is 20.3 Å². The second kappa shape index (κ2) is 10.0. The van der Waals surface area contributed by atoms with Crippen LogP contribution in [0.25, 0.3) is 0 Å². The van der Waals surface area contributed by atoms with E-state index in [0.29, 0.717) is 24.1 Å². The maximum absolute atomic E-state index is 12.0. The van der Waals surface area contributed by atoms with E-state index in [-0.39, 0.29) is 38.9 Å². The lowest BCUT2D eigenvalue weighted by Crippen LogP contribution is -2.44. The smallest absolute Gasteiger partial charge is 0.246 e. The fourth-order valence-electron chi connectivity index (χ4n) is 2.85. The first-order chi connectivity index (χ1) is 12.4. The Balaban J connectivity index is 0.00000196. The average Bonchev–Trinajstić information content (AvgIpc) is 3.06. The van der Waals surface area contributed by atoms with E-state index in [4.69, 9.17) is 0 Å². The topological polar surface area (TPSA) is 88.0 Å². The Hall–Kier alpha value is -1.94. The molecule has 0 radical (unpaired) electrons. The number of nitrogens with one attached hydrogen (secondary N) is 2. The summed E-state index contributed by atoms with van der Waals surface area (Å²) in [4.78, 5) is 22.9. The van der Waals surface area contributed by atoms with Crippen molar-refractivity contribution in [2.45, 2.75) is 53.2 Å². The van der Waals surface area contributed by atoms with Crippen LogP contribution in [-0.4, -0.2) is 38.7 Å². The van der Waals surface area contributed by atoms with Gasteiger partial charge in [0, 0.05) is 31.9 Å². The van der Waals surface area contributed by atoms with Crippen LogP contribution in [0.2, 0.25) is 0 Å². The van der Waals surface area contributed by atoms with Crippen LogP contribution in [0.3, 0.4) is 0 Å². The molecule has 0 aromatic carbocycles. The molecule has 156 valence electrons. The molecule has 2 N–H and O–H groups in total. The second-order valence-electron chi connectivity index (χ2n) is 7.04. The number of hydrogen-bond acceptors (Lipinski definition) is 6. The van der Waals surface area contributed by atoms with Gasteiger partial charge in [-0.05, 0) is 19.8 Å². The van der Waals surface area contributed by atoms with Gasteiger partial charge in [0.25, 0.3) is 0 Å². The third kappa shape index (κ3) is 5.11. The molecule has 2 aromatic heterocycles. The maximum atomic E-state index is 12.0. The van der Waals surface area contributed by atoms with Gasteiger partial charge in [-0.2, -0.15) is 37.1 Å². The molecule has 2 aromatic rings. The van der Waals surface area contributed by atoms with Gasteiger partial charge in [-0.15, -0.1) is 0 Å². The molecular formula is C18H31N7OS2. The van der Waals surface area contributed by atoms with Crippen LogP contribution in [0.15, 0.2) is 12.4 Å². The van der Waals surface area contributed by atoms with Crippen molar-refractivity contribution in [2.75, 3.05) is 22.6 Å². The van der Waals surface area contributed by atoms with E-state index in [1.165, 1.54) is 0 Å². The van der Waals surface area contributed by atoms with E-state index >= 15 is 0 Å². The Bertz CT molecular complexity index is 811. The Kier molecular flexibility index (Phi) is 8.62. The molecule has 2 atom stereocenters. The summed E-state index contributed by atoms with van der Waals surface area (Å²) in [6, 6.07) is -0.261. The van der Waals surface area contributed by atoms with E-state index in [9.17, 15) is 4.79 Å². The monoisotopic (exact) mass is 425 g/mol. The number of likely N-dealkylation sites (N-methyl/N-ethyl adjacent to an activating group) is 1. The molecule has 0 aliphatic carbocycles. The fraction of sp³-hybridized carbons (Fsp3) is 0.556. The molecule has 3 rings (SSSR count). The molecule has 0 unspecified atom stereocenters. The molecule has 1 amide bonds. The standard InChI is InChI=1S/C18H27N7O.2H2S/c1-6-11(2)9-25-10-14(8-20-25)7-19-18-21-12(3)15-16(23-18)24(5)13(4)17(26)22-15;;/h8,10-11,13H,6-7,9H2,1-5H3,(H,22,26)(H,19,21,23);2*1H2/t11-,13-;;/m0../s1. The molecule has 0 bridgehead atoms. The summed E-state index contributed by atoms with van der Waals surface area (Å²) in [5, 5.41) is 10.6. The highest BCUT2D eigenvalue weighted by Gasteiger charge is 2.30. The highest BCUT2D eigenvalue weighted by molar-refractivity contribution is 7.59. The summed E-state index contributed by atoms with van der Waals surface area (Å²) in [5.74, 6) is 1.85. The number of aryl methyl sites for hydroxylation is 1. The molecule has 28 heavy (non-hydrogen) atoms. The zero-order valence-corrected chi connectivity index (χ0v) is 19.1. The first kappa shape index (κ1) is 24.1. The lowest BCUT2D eigenvalue weighted by Gasteiger charge is -2.32. The molecule has 1 aliphatic rings. The second-order valence-corrected chi connectivity index (χ2v) is 7.04. The van der Waals surface area contributed by atoms with Gasteiger partial charge in [-0.3, -0.25) is 9.48 Å². The van der Waals surface area contributed by atoms with Crippen LogP contribution in [-0.2, 0) is 17.9 Å². The van der Waals surface area contributed by atoms with Crippen molar-refractivity contribution in [3.05, 3.63) is 23.7 Å². The molecule has 0 spiro atoms. The summed E-state index contributed by atoms with van der Waals surface area (Å²) < 4.78 is 1.98. The van der Waals surface area contributed by atoms with Crippen molar-refractivity contribution in [3.63, 3.8) is 0 Å². The number of carbonyl (C=O) groups is 1. The van der Waals surface area contributed by atoms with Gasteiger partial charge in [0.1, 0.15) is 11.7 Å². The minimum absolute atomic E-state index is 0. The molecular weight excluding hydrogens is 394 g/mol. The van der Waals surface area contributed by atoms with Crippen molar-refractivity contribution >= 4 is 50.4 Å². The largest absolute Gasteiger partial charge is 0.350 e. The van der Waals surface area contributed by atoms with E-state index in [1.54, 1.807) is 0 Å². The molecule has 3 heterocycles. The predicted molar refractivity (Wildman–Crippen MR) is 123 cm³/mol. The van der Waals surface area contributed by atoms with Crippen molar-refractivity contribution < 1.29 is 4.79 Å². The summed E-state index contributed by atoms with van der Waals surface area (Å²) in [6.45, 7) is 9.67. The van der Waals surface area contributed by atoms with Crippen molar-refractivity contribution in [1.82, 2.24) is 19.7 Å². The Morgan fingerprint density at radius 3 is 2.71 bits per heavy atom. The summed E-state index contributed by atoms with van der Waals surface area (Å²) in [7, 11) is 1.87. The molecule has 10 heteroatoms. The molecule has 0 fully saturated rings. The van der Waals surface area contributed by atoms with Gasteiger partial charge in [0.05, 0.1) is 11.9 Å². The van der Waals surface area contributed by atoms with Gasteiger partial charge >= 0.3 is 0 Å². The lowest BCUT2D eigenvalue weighted by atomic mass is 10.1. The van der Waals surface area contributed by atoms with E-state index < -0.39 is 0 Å². The van der Waals surface area contributed by atoms with Crippen LogP contribution in [0, 0.1) is 12.8 Å². The van der Waals surface area contributed by atoms with E-state index in [0.717, 1.165) is 30.0 Å². The number of amides is 1. The number of nitrogens with zero attached hydrogens (tertiary/aromatic N) is 5. The van der Waals surface area contributed by atoms with Crippen LogP contribution in [0.1, 0.15) is 38.4 Å². The third-order valence-electron chi connectivity index (χ3n) is 4.95. The van der Waals surface area contributed by atoms with Crippen molar-refractivity contribution in [2.24, 2.45) is 5.92 Å². The van der Waals surface area contributed by atoms with Crippen LogP contribution >= 0.6 is 27.0 Å². The summed E-state index contributed by atoms with van der Waals surface area (Å²) >= 11 is 0. The summed E-state index contributed by atoms with van der Waals surface area (Å²) in [6.07, 6.45) is 5.06. The number of anilines is 3. The van der Waals surface area contributed by atoms with Gasteiger partial charge in [-0.25, -0.2) is 4.98 Å². The highest BCUT2D eigenvalue weighted by Crippen LogP contribution is 2.32. The SMILES string of the molecule is CC[C@H](C)Cn1cc(CNc2nc(C)c3c(n2)N(C)[C@@H](C)C(=O)N3)cn1.S.S. The van der Waals surface area contributed by atoms with Crippen molar-refractivity contribution in [3.8, 4) is 0 Å². The first-order valence-electron chi connectivity index (χ1n) is 9.06. The Labute approximate surface area is 180 Å². The number of aromatic nitrogens is 4. The van der Waals surface area contributed by atoms with Crippen LogP contribution < -0.4 is 15.5 Å². The number of carbonyl (C=O) groups excluding carboxylic acids is 1. The van der Waals surface area contributed by atoms with E-state index in [2.05, 4.69) is 45.7 Å². The number of rotatable bonds is 6. The van der Waals surface area contributed by atoms with Crippen LogP contribution in [0.5, 0.6) is 0 Å². The summed E-state index contributed by atoms with van der Waals surface area (Å²) in [5.41, 5.74) is 2.52. The number of fused-ring (bicyclic) bond motifs is 1. The highest BCUT2D eigenvalue weighted by atomic mass is 32.1.